The third-order valence-corrected chi connectivity index (χ3v) is 1.91. The van der Waals surface area contributed by atoms with E-state index in [9.17, 15) is 18.0 Å². The van der Waals surface area contributed by atoms with Crippen LogP contribution >= 0.6 is 0 Å². The van der Waals surface area contributed by atoms with E-state index in [0.29, 0.717) is 12.8 Å². The molecule has 4 nitrogen and oxygen atoms in total. The van der Waals surface area contributed by atoms with Crippen molar-refractivity contribution in [2.24, 2.45) is 0 Å². The van der Waals surface area contributed by atoms with E-state index in [2.05, 4.69) is 0 Å². The zero-order valence-corrected chi connectivity index (χ0v) is 9.08. The van der Waals surface area contributed by atoms with Gasteiger partial charge in [0.05, 0.1) is 6.10 Å². The molecule has 0 aromatic rings. The number of aliphatic hydroxyl groups excluding tert-OH is 1. The van der Waals surface area contributed by atoms with Crippen LogP contribution in [0.1, 0.15) is 26.2 Å². The highest BCUT2D eigenvalue weighted by Crippen LogP contribution is 2.30. The molecule has 0 aliphatic heterocycles. The lowest BCUT2D eigenvalue weighted by atomic mass is 10.0. The van der Waals surface area contributed by atoms with Gasteiger partial charge in [-0.1, -0.05) is 5.92 Å². The molecule has 0 saturated carbocycles. The summed E-state index contributed by atoms with van der Waals surface area (Å²) in [5.74, 6) is 0.815. The Bertz CT molecular complexity index is 327. The predicted octanol–water partition coefficient (Wildman–Crippen LogP) is 0.919. The van der Waals surface area contributed by atoms with Gasteiger partial charge in [0.15, 0.2) is 0 Å². The Morgan fingerprint density at radius 3 is 2.29 bits per heavy atom. The van der Waals surface area contributed by atoms with Crippen LogP contribution in [0.25, 0.3) is 0 Å². The number of aliphatic carboxylic acids is 1. The second kappa shape index (κ2) is 5.89. The van der Waals surface area contributed by atoms with Crippen LogP contribution in [0, 0.1) is 11.8 Å². The van der Waals surface area contributed by atoms with Gasteiger partial charge in [0, 0.05) is 6.42 Å². The molecule has 0 bridgehead atoms. The molecule has 0 aromatic carbocycles. The molecule has 0 rings (SSSR count). The van der Waals surface area contributed by atoms with E-state index < -0.39 is 23.9 Å². The molecule has 0 aliphatic rings. The van der Waals surface area contributed by atoms with Gasteiger partial charge >= 0.3 is 17.7 Å². The number of alkyl halides is 3. The van der Waals surface area contributed by atoms with Gasteiger partial charge in [0.2, 0.25) is 0 Å². The molecule has 0 amide bonds. The van der Waals surface area contributed by atoms with Crippen LogP contribution in [0.15, 0.2) is 0 Å². The highest BCUT2D eigenvalue weighted by Gasteiger charge is 2.59. The summed E-state index contributed by atoms with van der Waals surface area (Å²) in [7, 11) is 0. The van der Waals surface area contributed by atoms with E-state index in [4.69, 9.17) is 15.3 Å². The largest absolute Gasteiger partial charge is 0.478 e. The van der Waals surface area contributed by atoms with Gasteiger partial charge in [-0.05, 0) is 25.7 Å². The van der Waals surface area contributed by atoms with Crippen molar-refractivity contribution in [2.75, 3.05) is 0 Å². The first-order valence-corrected chi connectivity index (χ1v) is 4.82. The van der Waals surface area contributed by atoms with Gasteiger partial charge in [-0.3, -0.25) is 0 Å². The van der Waals surface area contributed by atoms with E-state index in [1.165, 1.54) is 12.8 Å². The third-order valence-electron chi connectivity index (χ3n) is 1.91. The SMILES string of the molecule is CC(O)CCCC#CC(O)(C(=O)O)C(F)(F)F. The van der Waals surface area contributed by atoms with Crippen molar-refractivity contribution in [2.45, 2.75) is 44.1 Å². The Hall–Kier alpha value is -1.26. The second-order valence-electron chi connectivity index (χ2n) is 3.56. The minimum Gasteiger partial charge on any atom is -0.478 e. The van der Waals surface area contributed by atoms with Crippen molar-refractivity contribution in [3.05, 3.63) is 0 Å². The summed E-state index contributed by atoms with van der Waals surface area (Å²) in [6, 6.07) is 0. The predicted molar refractivity (Wildman–Crippen MR) is 51.9 cm³/mol. The normalized spacial score (nSPS) is 16.6. The number of rotatable bonds is 4. The van der Waals surface area contributed by atoms with Crippen LogP contribution in [0.3, 0.4) is 0 Å². The molecular weight excluding hydrogens is 241 g/mol. The summed E-state index contributed by atoms with van der Waals surface area (Å²) in [4.78, 5) is 10.3. The minimum absolute atomic E-state index is 0.0312. The van der Waals surface area contributed by atoms with Gasteiger partial charge in [0.25, 0.3) is 0 Å². The van der Waals surface area contributed by atoms with E-state index in [1.807, 2.05) is 5.92 Å². The molecule has 2 atom stereocenters. The van der Waals surface area contributed by atoms with Crippen LogP contribution in [0.4, 0.5) is 13.2 Å². The molecule has 0 radical (unpaired) electrons. The summed E-state index contributed by atoms with van der Waals surface area (Å²) in [5.41, 5.74) is -4.03. The number of carboxylic acids is 1. The molecule has 0 saturated heterocycles. The summed E-state index contributed by atoms with van der Waals surface area (Å²) in [5, 5.41) is 26.0. The first-order valence-electron chi connectivity index (χ1n) is 4.82. The fourth-order valence-electron chi connectivity index (χ4n) is 0.922. The zero-order valence-electron chi connectivity index (χ0n) is 9.08. The number of unbranched alkanes of at least 4 members (excludes halogenated alkanes) is 1. The van der Waals surface area contributed by atoms with Gasteiger partial charge < -0.3 is 15.3 Å². The number of hydrogen-bond acceptors (Lipinski definition) is 3. The molecule has 0 fully saturated rings. The lowest BCUT2D eigenvalue weighted by molar-refractivity contribution is -0.239. The molecule has 2 unspecified atom stereocenters. The fraction of sp³-hybridized carbons (Fsp3) is 0.700. The Labute approximate surface area is 96.1 Å². The highest BCUT2D eigenvalue weighted by molar-refractivity contribution is 5.82. The Kier molecular flexibility index (Phi) is 5.45. The van der Waals surface area contributed by atoms with E-state index in [0.717, 1.165) is 0 Å². The summed E-state index contributed by atoms with van der Waals surface area (Å²) < 4.78 is 36.7. The van der Waals surface area contributed by atoms with Gasteiger partial charge in [-0.2, -0.15) is 13.2 Å². The van der Waals surface area contributed by atoms with Crippen molar-refractivity contribution < 1.29 is 33.3 Å². The maximum Gasteiger partial charge on any atom is 0.440 e. The van der Waals surface area contributed by atoms with E-state index in [1.54, 1.807) is 0 Å². The molecule has 7 heteroatoms. The lowest BCUT2D eigenvalue weighted by Gasteiger charge is -2.19. The smallest absolute Gasteiger partial charge is 0.440 e. The quantitative estimate of drug-likeness (QED) is 0.515. The van der Waals surface area contributed by atoms with E-state index >= 15 is 0 Å². The minimum atomic E-state index is -5.35. The molecule has 98 valence electrons. The van der Waals surface area contributed by atoms with Crippen molar-refractivity contribution >= 4 is 5.97 Å². The maximum absolute atomic E-state index is 12.2. The summed E-state index contributed by atoms with van der Waals surface area (Å²) in [6.45, 7) is 1.51. The van der Waals surface area contributed by atoms with Crippen molar-refractivity contribution in [3.8, 4) is 11.8 Å². The lowest BCUT2D eigenvalue weighted by Crippen LogP contribution is -2.50. The topological polar surface area (TPSA) is 77.8 Å². The van der Waals surface area contributed by atoms with Gasteiger partial charge in [0.1, 0.15) is 0 Å². The number of halogens is 3. The number of carboxylic acid groups (broad SMARTS) is 1. The van der Waals surface area contributed by atoms with Gasteiger partial charge in [-0.25, -0.2) is 4.79 Å². The Morgan fingerprint density at radius 2 is 1.94 bits per heavy atom. The highest BCUT2D eigenvalue weighted by atomic mass is 19.4. The number of aliphatic hydroxyl groups is 2. The van der Waals surface area contributed by atoms with Crippen molar-refractivity contribution in [3.63, 3.8) is 0 Å². The average molecular weight is 254 g/mol. The maximum atomic E-state index is 12.2. The third kappa shape index (κ3) is 4.63. The number of hydrogen-bond donors (Lipinski definition) is 3. The molecule has 0 aromatic heterocycles. The second-order valence-corrected chi connectivity index (χ2v) is 3.56. The van der Waals surface area contributed by atoms with Crippen LogP contribution in [0.5, 0.6) is 0 Å². The van der Waals surface area contributed by atoms with E-state index in [-0.39, 0.29) is 6.42 Å². The molecule has 0 heterocycles. The van der Waals surface area contributed by atoms with Crippen LogP contribution in [-0.4, -0.2) is 39.2 Å². The number of carbonyl (C=O) groups is 1. The molecule has 0 spiro atoms. The standard InChI is InChI=1S/C10H13F3O4/c1-7(14)5-3-2-4-6-9(17,8(15)16)10(11,12)13/h7,14,17H,2-3,5H2,1H3,(H,15,16). The fourth-order valence-corrected chi connectivity index (χ4v) is 0.922. The first-order chi connectivity index (χ1) is 7.61. The molecule has 17 heavy (non-hydrogen) atoms. The Morgan fingerprint density at radius 1 is 1.41 bits per heavy atom. The van der Waals surface area contributed by atoms with Gasteiger partial charge in [-0.15, -0.1) is 0 Å². The monoisotopic (exact) mass is 254 g/mol. The average Bonchev–Trinajstić information content (AvgIpc) is 2.14. The molecule has 3 N–H and O–H groups in total. The van der Waals surface area contributed by atoms with Crippen LogP contribution in [0.2, 0.25) is 0 Å². The van der Waals surface area contributed by atoms with Crippen molar-refractivity contribution in [1.82, 2.24) is 0 Å². The first kappa shape index (κ1) is 15.7. The Balaban J connectivity index is 4.59. The van der Waals surface area contributed by atoms with Crippen molar-refractivity contribution in [1.29, 1.82) is 0 Å². The molecular formula is C10H13F3O4. The summed E-state index contributed by atoms with van der Waals surface area (Å²) in [6.07, 6.45) is -5.32. The summed E-state index contributed by atoms with van der Waals surface area (Å²) >= 11 is 0. The van der Waals surface area contributed by atoms with Crippen LogP contribution < -0.4 is 0 Å². The molecule has 0 aliphatic carbocycles. The van der Waals surface area contributed by atoms with Crippen LogP contribution in [-0.2, 0) is 4.79 Å². The zero-order chi connectivity index (χ0) is 13.7.